The van der Waals surface area contributed by atoms with Crippen LogP contribution in [0.4, 0.5) is 13.2 Å². The molecule has 20 heavy (non-hydrogen) atoms. The highest BCUT2D eigenvalue weighted by molar-refractivity contribution is 5.25. The van der Waals surface area contributed by atoms with Crippen LogP contribution in [-0.4, -0.2) is 32.8 Å². The Labute approximate surface area is 117 Å². The maximum absolute atomic E-state index is 12.6. The van der Waals surface area contributed by atoms with Crippen LogP contribution in [0.15, 0.2) is 24.3 Å². The van der Waals surface area contributed by atoms with E-state index in [1.54, 1.807) is 13.2 Å². The van der Waals surface area contributed by atoms with Gasteiger partial charge in [0.15, 0.2) is 0 Å². The summed E-state index contributed by atoms with van der Waals surface area (Å²) in [4.78, 5) is 0. The van der Waals surface area contributed by atoms with Gasteiger partial charge in [-0.1, -0.05) is 18.2 Å². The number of hydrogen-bond donors (Lipinski definition) is 2. The highest BCUT2D eigenvalue weighted by Crippen LogP contribution is 2.29. The zero-order valence-electron chi connectivity index (χ0n) is 11.8. The van der Waals surface area contributed by atoms with Crippen LogP contribution in [0.2, 0.25) is 0 Å². The van der Waals surface area contributed by atoms with Gasteiger partial charge in [0.2, 0.25) is 0 Å². The molecule has 2 N–H and O–H groups in total. The van der Waals surface area contributed by atoms with Gasteiger partial charge in [-0.25, -0.2) is 0 Å². The van der Waals surface area contributed by atoms with Crippen molar-refractivity contribution in [2.45, 2.75) is 25.7 Å². The maximum Gasteiger partial charge on any atom is 0.416 e. The molecule has 6 heteroatoms. The van der Waals surface area contributed by atoms with Crippen LogP contribution in [-0.2, 0) is 17.5 Å². The number of ether oxygens (including phenoxy) is 1. The van der Waals surface area contributed by atoms with Crippen LogP contribution in [0.5, 0.6) is 0 Å². The lowest BCUT2D eigenvalue weighted by molar-refractivity contribution is -0.137. The summed E-state index contributed by atoms with van der Waals surface area (Å²) in [6.07, 6.45) is -4.29. The van der Waals surface area contributed by atoms with Crippen molar-refractivity contribution in [2.24, 2.45) is 0 Å². The lowest BCUT2D eigenvalue weighted by Gasteiger charge is -2.15. The van der Waals surface area contributed by atoms with Crippen molar-refractivity contribution >= 4 is 0 Å². The van der Waals surface area contributed by atoms with E-state index in [0.717, 1.165) is 19.2 Å². The molecule has 1 atom stereocenters. The summed E-state index contributed by atoms with van der Waals surface area (Å²) >= 11 is 0. The van der Waals surface area contributed by atoms with Gasteiger partial charge >= 0.3 is 6.18 Å². The first-order chi connectivity index (χ1) is 9.43. The molecule has 1 aromatic rings. The second-order valence-electron chi connectivity index (χ2n) is 4.68. The van der Waals surface area contributed by atoms with Gasteiger partial charge in [-0.3, -0.25) is 0 Å². The van der Waals surface area contributed by atoms with Crippen LogP contribution < -0.4 is 10.6 Å². The van der Waals surface area contributed by atoms with Gasteiger partial charge in [0, 0.05) is 32.8 Å². The lowest BCUT2D eigenvalue weighted by atomic mass is 10.1. The molecular formula is C14H21F3N2O. The van der Waals surface area contributed by atoms with Gasteiger partial charge in [0.25, 0.3) is 0 Å². The van der Waals surface area contributed by atoms with Crippen molar-refractivity contribution in [3.63, 3.8) is 0 Å². The summed E-state index contributed by atoms with van der Waals surface area (Å²) in [6, 6.07) is 5.55. The quantitative estimate of drug-likeness (QED) is 0.721. The number of hydrogen-bond acceptors (Lipinski definition) is 3. The number of halogens is 3. The molecule has 1 rings (SSSR count). The van der Waals surface area contributed by atoms with Gasteiger partial charge in [-0.2, -0.15) is 13.2 Å². The molecule has 0 aliphatic rings. The highest BCUT2D eigenvalue weighted by atomic mass is 19.4. The third kappa shape index (κ3) is 6.36. The second-order valence-corrected chi connectivity index (χ2v) is 4.68. The molecule has 1 aromatic carbocycles. The molecule has 1 unspecified atom stereocenters. The number of alkyl halides is 3. The summed E-state index contributed by atoms with van der Waals surface area (Å²) in [7, 11) is 1.64. The fourth-order valence-electron chi connectivity index (χ4n) is 1.71. The van der Waals surface area contributed by atoms with E-state index in [0.29, 0.717) is 18.7 Å². The average molecular weight is 290 g/mol. The van der Waals surface area contributed by atoms with E-state index in [4.69, 9.17) is 4.74 Å². The molecule has 0 amide bonds. The van der Waals surface area contributed by atoms with E-state index in [1.807, 2.05) is 6.92 Å². The lowest BCUT2D eigenvalue weighted by Crippen LogP contribution is -2.37. The Morgan fingerprint density at radius 2 is 2.05 bits per heavy atom. The Hall–Kier alpha value is -1.11. The van der Waals surface area contributed by atoms with Crippen molar-refractivity contribution in [3.8, 4) is 0 Å². The minimum absolute atomic E-state index is 0.168. The minimum atomic E-state index is -4.29. The van der Waals surface area contributed by atoms with E-state index < -0.39 is 11.7 Å². The van der Waals surface area contributed by atoms with Gasteiger partial charge in [-0.05, 0) is 18.6 Å². The number of benzene rings is 1. The van der Waals surface area contributed by atoms with Gasteiger partial charge in [0.05, 0.1) is 12.2 Å². The monoisotopic (exact) mass is 290 g/mol. The molecule has 0 heterocycles. The first kappa shape index (κ1) is 16.9. The predicted molar refractivity (Wildman–Crippen MR) is 72.5 cm³/mol. The number of nitrogens with one attached hydrogen (secondary N) is 2. The highest BCUT2D eigenvalue weighted by Gasteiger charge is 2.30. The summed E-state index contributed by atoms with van der Waals surface area (Å²) in [5, 5.41) is 6.37. The number of methoxy groups -OCH3 is 1. The fraction of sp³-hybridized carbons (Fsp3) is 0.571. The fourth-order valence-corrected chi connectivity index (χ4v) is 1.71. The van der Waals surface area contributed by atoms with Crippen molar-refractivity contribution in [1.82, 2.24) is 10.6 Å². The Balaban J connectivity index is 2.38. The summed E-state index contributed by atoms with van der Waals surface area (Å²) < 4.78 is 42.6. The molecule has 0 radical (unpaired) electrons. The molecule has 0 spiro atoms. The number of rotatable bonds is 8. The molecule has 0 fully saturated rings. The van der Waals surface area contributed by atoms with Gasteiger partial charge < -0.3 is 15.4 Å². The predicted octanol–water partition coefficient (Wildman–Crippen LogP) is 2.42. The summed E-state index contributed by atoms with van der Waals surface area (Å²) in [5.41, 5.74) is 0.0197. The van der Waals surface area contributed by atoms with Gasteiger partial charge in [0.1, 0.15) is 0 Å². The molecule has 0 saturated carbocycles. The van der Waals surface area contributed by atoms with Crippen molar-refractivity contribution in [3.05, 3.63) is 35.4 Å². The van der Waals surface area contributed by atoms with Crippen molar-refractivity contribution in [1.29, 1.82) is 0 Å². The third-order valence-electron chi connectivity index (χ3n) is 2.84. The van der Waals surface area contributed by atoms with Crippen LogP contribution in [0.1, 0.15) is 18.1 Å². The minimum Gasteiger partial charge on any atom is -0.383 e. The molecular weight excluding hydrogens is 269 g/mol. The van der Waals surface area contributed by atoms with Crippen LogP contribution in [0.25, 0.3) is 0 Å². The van der Waals surface area contributed by atoms with E-state index >= 15 is 0 Å². The second kappa shape index (κ2) is 8.24. The maximum atomic E-state index is 12.6. The standard InChI is InChI=1S/C14H21F3N2O/c1-11(9-18-6-7-20-2)19-10-12-4-3-5-13(8-12)14(15,16)17/h3-5,8,11,18-19H,6-7,9-10H2,1-2H3. The Kier molecular flexibility index (Phi) is 6.98. The smallest absolute Gasteiger partial charge is 0.383 e. The van der Waals surface area contributed by atoms with E-state index in [-0.39, 0.29) is 6.04 Å². The zero-order chi connectivity index (χ0) is 15.0. The molecule has 0 aromatic heterocycles. The molecule has 0 saturated heterocycles. The first-order valence-electron chi connectivity index (χ1n) is 6.52. The average Bonchev–Trinajstić information content (AvgIpc) is 2.41. The molecule has 0 aliphatic heterocycles. The van der Waals surface area contributed by atoms with E-state index in [1.165, 1.54) is 12.1 Å². The molecule has 0 bridgehead atoms. The summed E-state index contributed by atoms with van der Waals surface area (Å²) in [5.74, 6) is 0. The van der Waals surface area contributed by atoms with E-state index in [2.05, 4.69) is 10.6 Å². The topological polar surface area (TPSA) is 33.3 Å². The first-order valence-corrected chi connectivity index (χ1v) is 6.52. The van der Waals surface area contributed by atoms with Crippen LogP contribution in [0, 0.1) is 0 Å². The Morgan fingerprint density at radius 1 is 1.30 bits per heavy atom. The zero-order valence-corrected chi connectivity index (χ0v) is 11.8. The SMILES string of the molecule is COCCNCC(C)NCc1cccc(C(F)(F)F)c1. The molecule has 0 aliphatic carbocycles. The molecule has 114 valence electrons. The van der Waals surface area contributed by atoms with Crippen LogP contribution in [0.3, 0.4) is 0 Å². The van der Waals surface area contributed by atoms with Crippen molar-refractivity contribution < 1.29 is 17.9 Å². The summed E-state index contributed by atoms with van der Waals surface area (Å²) in [6.45, 7) is 4.53. The largest absolute Gasteiger partial charge is 0.416 e. The Bertz CT molecular complexity index is 396. The third-order valence-corrected chi connectivity index (χ3v) is 2.84. The molecule has 3 nitrogen and oxygen atoms in total. The van der Waals surface area contributed by atoms with Crippen molar-refractivity contribution in [2.75, 3.05) is 26.8 Å². The Morgan fingerprint density at radius 3 is 2.70 bits per heavy atom. The normalized spacial score (nSPS) is 13.4. The van der Waals surface area contributed by atoms with Gasteiger partial charge in [-0.15, -0.1) is 0 Å². The van der Waals surface area contributed by atoms with E-state index in [9.17, 15) is 13.2 Å². The van der Waals surface area contributed by atoms with Crippen LogP contribution >= 0.6 is 0 Å².